The number of benzene rings is 1. The van der Waals surface area contributed by atoms with Gasteiger partial charge in [0.1, 0.15) is 5.75 Å². The molecular weight excluding hydrogens is 264 g/mol. The van der Waals surface area contributed by atoms with Gasteiger partial charge < -0.3 is 4.74 Å². The van der Waals surface area contributed by atoms with Crippen molar-refractivity contribution in [3.63, 3.8) is 0 Å². The number of rotatable bonds is 6. The van der Waals surface area contributed by atoms with Crippen LogP contribution in [0.3, 0.4) is 0 Å². The van der Waals surface area contributed by atoms with E-state index in [2.05, 4.69) is 0 Å². The Morgan fingerprint density at radius 2 is 1.68 bits per heavy atom. The van der Waals surface area contributed by atoms with Gasteiger partial charge in [-0.25, -0.2) is 17.6 Å². The van der Waals surface area contributed by atoms with Crippen LogP contribution in [0.15, 0.2) is 12.1 Å². The summed E-state index contributed by atoms with van der Waals surface area (Å²) in [5.74, 6) is -0.902. The number of ether oxygens (including phenoxy) is 1. The van der Waals surface area contributed by atoms with Crippen LogP contribution in [-0.2, 0) is 0 Å². The van der Waals surface area contributed by atoms with Crippen molar-refractivity contribution < 1.29 is 27.1 Å². The number of alkyl halides is 4. The topological polar surface area (TPSA) is 26.3 Å². The van der Waals surface area contributed by atoms with E-state index >= 15 is 0 Å². The van der Waals surface area contributed by atoms with Crippen LogP contribution >= 0.6 is 0 Å². The van der Waals surface area contributed by atoms with Crippen molar-refractivity contribution in [2.24, 2.45) is 0 Å². The Morgan fingerprint density at radius 1 is 1.11 bits per heavy atom. The fraction of sp³-hybridized carbons (Fsp3) is 0.462. The van der Waals surface area contributed by atoms with Crippen LogP contribution in [0.25, 0.3) is 0 Å². The van der Waals surface area contributed by atoms with Crippen LogP contribution in [0, 0.1) is 0 Å². The second kappa shape index (κ2) is 6.54. The van der Waals surface area contributed by atoms with Crippen molar-refractivity contribution in [1.29, 1.82) is 0 Å². The van der Waals surface area contributed by atoms with Crippen molar-refractivity contribution in [2.45, 2.75) is 33.1 Å². The normalized spacial score (nSPS) is 11.2. The molecule has 19 heavy (non-hydrogen) atoms. The van der Waals surface area contributed by atoms with E-state index in [1.807, 2.05) is 0 Å². The first kappa shape index (κ1) is 15.5. The molecule has 1 aromatic rings. The Morgan fingerprint density at radius 3 is 2.11 bits per heavy atom. The molecule has 106 valence electrons. The average Bonchev–Trinajstić information content (AvgIpc) is 2.37. The lowest BCUT2D eigenvalue weighted by molar-refractivity contribution is 0.0963. The van der Waals surface area contributed by atoms with Gasteiger partial charge in [-0.3, -0.25) is 4.79 Å². The third-order valence-electron chi connectivity index (χ3n) is 2.60. The minimum Gasteiger partial charge on any atom is -0.493 e. The van der Waals surface area contributed by atoms with Crippen LogP contribution < -0.4 is 4.74 Å². The Balaban J connectivity index is 3.53. The second-order valence-electron chi connectivity index (χ2n) is 3.75. The maximum Gasteiger partial charge on any atom is 0.267 e. The van der Waals surface area contributed by atoms with Gasteiger partial charge in [-0.05, 0) is 19.1 Å². The number of Topliss-reactive ketones (excluding diaryl/α,β-unsaturated/α-hetero) is 1. The molecule has 1 rings (SSSR count). The molecule has 0 spiro atoms. The summed E-state index contributed by atoms with van der Waals surface area (Å²) in [5.41, 5.74) is -2.18. The van der Waals surface area contributed by atoms with Crippen LogP contribution in [0.1, 0.15) is 54.6 Å². The Labute approximate surface area is 108 Å². The lowest BCUT2D eigenvalue weighted by Gasteiger charge is -2.17. The zero-order chi connectivity index (χ0) is 14.6. The van der Waals surface area contributed by atoms with Gasteiger partial charge in [0.15, 0.2) is 5.78 Å². The molecule has 0 amide bonds. The van der Waals surface area contributed by atoms with E-state index in [4.69, 9.17) is 4.74 Å². The zero-order valence-corrected chi connectivity index (χ0v) is 10.6. The van der Waals surface area contributed by atoms with E-state index in [0.717, 1.165) is 12.1 Å². The number of hydrogen-bond acceptors (Lipinski definition) is 2. The molecular formula is C13H14F4O2. The van der Waals surface area contributed by atoms with Gasteiger partial charge in [0.05, 0.1) is 12.2 Å². The summed E-state index contributed by atoms with van der Waals surface area (Å²) in [7, 11) is 0. The van der Waals surface area contributed by atoms with E-state index in [1.165, 1.54) is 6.92 Å². The fourth-order valence-electron chi connectivity index (χ4n) is 1.79. The first-order chi connectivity index (χ1) is 8.93. The highest BCUT2D eigenvalue weighted by atomic mass is 19.3. The molecule has 0 fully saturated rings. The molecule has 0 atom stereocenters. The third-order valence-corrected chi connectivity index (χ3v) is 2.60. The molecule has 0 saturated carbocycles. The van der Waals surface area contributed by atoms with E-state index in [9.17, 15) is 22.4 Å². The van der Waals surface area contributed by atoms with Gasteiger partial charge in [-0.15, -0.1) is 0 Å². The van der Waals surface area contributed by atoms with Gasteiger partial charge in [-0.2, -0.15) is 0 Å². The first-order valence-corrected chi connectivity index (χ1v) is 5.83. The largest absolute Gasteiger partial charge is 0.493 e. The molecule has 0 N–H and O–H groups in total. The monoisotopic (exact) mass is 278 g/mol. The van der Waals surface area contributed by atoms with E-state index in [-0.39, 0.29) is 24.3 Å². The summed E-state index contributed by atoms with van der Waals surface area (Å²) < 4.78 is 57.0. The highest BCUT2D eigenvalue weighted by Gasteiger charge is 2.29. The Kier molecular flexibility index (Phi) is 5.32. The fourth-order valence-corrected chi connectivity index (χ4v) is 1.79. The van der Waals surface area contributed by atoms with Crippen molar-refractivity contribution >= 4 is 5.78 Å². The Hall–Kier alpha value is -1.59. The number of carbonyl (C=O) groups is 1. The Bertz CT molecular complexity index is 458. The minimum atomic E-state index is -3.16. The quantitative estimate of drug-likeness (QED) is 0.563. The first-order valence-electron chi connectivity index (χ1n) is 5.83. The number of halogens is 4. The summed E-state index contributed by atoms with van der Waals surface area (Å²) in [6.45, 7) is 3.11. The molecule has 0 aliphatic heterocycles. The number of ketones is 1. The molecule has 2 nitrogen and oxygen atoms in total. The van der Waals surface area contributed by atoms with Gasteiger partial charge in [0, 0.05) is 17.5 Å². The second-order valence-corrected chi connectivity index (χ2v) is 3.75. The lowest BCUT2D eigenvalue weighted by Crippen LogP contribution is -2.09. The lowest BCUT2D eigenvalue weighted by atomic mass is 9.96. The van der Waals surface area contributed by atoms with Crippen LogP contribution in [0.5, 0.6) is 5.75 Å². The van der Waals surface area contributed by atoms with Crippen molar-refractivity contribution in [3.05, 3.63) is 28.8 Å². The standard InChI is InChI=1S/C13H14F4O2/c1-3-8(18)7-5-6-9(19-4-2)11(13(16)17)10(7)12(14)15/h5-6,12-13H,3-4H2,1-2H3. The smallest absolute Gasteiger partial charge is 0.267 e. The predicted octanol–water partition coefficient (Wildman–Crippen LogP) is 4.55. The van der Waals surface area contributed by atoms with E-state index < -0.39 is 29.8 Å². The van der Waals surface area contributed by atoms with Gasteiger partial charge in [0.2, 0.25) is 0 Å². The molecule has 0 aromatic heterocycles. The molecule has 1 aromatic carbocycles. The summed E-state index contributed by atoms with van der Waals surface area (Å²) in [4.78, 5) is 11.6. The molecule has 0 saturated heterocycles. The minimum absolute atomic E-state index is 0.0314. The van der Waals surface area contributed by atoms with Crippen molar-refractivity contribution in [3.8, 4) is 5.75 Å². The maximum atomic E-state index is 13.0. The van der Waals surface area contributed by atoms with Gasteiger partial charge in [0.25, 0.3) is 12.9 Å². The van der Waals surface area contributed by atoms with Crippen LogP contribution in [-0.4, -0.2) is 12.4 Å². The predicted molar refractivity (Wildman–Crippen MR) is 62.1 cm³/mol. The summed E-state index contributed by atoms with van der Waals surface area (Å²) in [5, 5.41) is 0. The third kappa shape index (κ3) is 3.24. The summed E-state index contributed by atoms with van der Waals surface area (Å²) in [6, 6.07) is 2.25. The SMILES string of the molecule is CCOc1ccc(C(=O)CC)c(C(F)F)c1C(F)F. The van der Waals surface area contributed by atoms with Gasteiger partial charge in [-0.1, -0.05) is 6.92 Å². The van der Waals surface area contributed by atoms with E-state index in [1.54, 1.807) is 6.92 Å². The highest BCUT2D eigenvalue weighted by Crippen LogP contribution is 2.39. The van der Waals surface area contributed by atoms with Crippen LogP contribution in [0.2, 0.25) is 0 Å². The van der Waals surface area contributed by atoms with Gasteiger partial charge >= 0.3 is 0 Å². The van der Waals surface area contributed by atoms with Crippen molar-refractivity contribution in [1.82, 2.24) is 0 Å². The maximum absolute atomic E-state index is 13.0. The molecule has 0 aliphatic rings. The van der Waals surface area contributed by atoms with E-state index in [0.29, 0.717) is 0 Å². The molecule has 0 unspecified atom stereocenters. The zero-order valence-electron chi connectivity index (χ0n) is 10.6. The highest BCUT2D eigenvalue weighted by molar-refractivity contribution is 5.98. The molecule has 0 bridgehead atoms. The van der Waals surface area contributed by atoms with Crippen LogP contribution in [0.4, 0.5) is 17.6 Å². The molecule has 0 aliphatic carbocycles. The summed E-state index contributed by atoms with van der Waals surface area (Å²) >= 11 is 0. The molecule has 0 radical (unpaired) electrons. The number of hydrogen-bond donors (Lipinski definition) is 0. The van der Waals surface area contributed by atoms with Crippen molar-refractivity contribution in [2.75, 3.05) is 6.61 Å². The average molecular weight is 278 g/mol. The molecule has 6 heteroatoms. The molecule has 0 heterocycles. The number of carbonyl (C=O) groups excluding carboxylic acids is 1. The summed E-state index contributed by atoms with van der Waals surface area (Å²) in [6.07, 6.45) is -6.32.